The summed E-state index contributed by atoms with van der Waals surface area (Å²) < 4.78 is 19.1. The van der Waals surface area contributed by atoms with Crippen LogP contribution in [0.1, 0.15) is 12.5 Å². The van der Waals surface area contributed by atoms with E-state index in [0.29, 0.717) is 18.1 Å². The van der Waals surface area contributed by atoms with Gasteiger partial charge in [-0.3, -0.25) is 9.69 Å². The van der Waals surface area contributed by atoms with Crippen molar-refractivity contribution in [1.82, 2.24) is 19.4 Å². The molecule has 0 saturated carbocycles. The van der Waals surface area contributed by atoms with Crippen molar-refractivity contribution in [2.75, 3.05) is 60.2 Å². The van der Waals surface area contributed by atoms with E-state index in [0.717, 1.165) is 57.2 Å². The van der Waals surface area contributed by atoms with Gasteiger partial charge >= 0.3 is 0 Å². The molecule has 2 aliphatic rings. The third kappa shape index (κ3) is 4.09. The zero-order chi connectivity index (χ0) is 20.2. The van der Waals surface area contributed by atoms with Gasteiger partial charge in [0.15, 0.2) is 11.5 Å². The highest BCUT2D eigenvalue weighted by Gasteiger charge is 2.32. The number of ether oxygens (including phenoxy) is 3. The largest absolute Gasteiger partial charge is 0.493 e. The van der Waals surface area contributed by atoms with Crippen LogP contribution in [0.2, 0.25) is 0 Å². The summed E-state index contributed by atoms with van der Waals surface area (Å²) in [6.45, 7) is 5.48. The Bertz CT molecular complexity index is 847. The molecular weight excluding hydrogens is 372 g/mol. The van der Waals surface area contributed by atoms with E-state index in [2.05, 4.69) is 9.88 Å². The molecule has 0 spiro atoms. The van der Waals surface area contributed by atoms with Crippen LogP contribution in [0.25, 0.3) is 11.4 Å². The number of amides is 1. The van der Waals surface area contributed by atoms with E-state index < -0.39 is 0 Å². The van der Waals surface area contributed by atoms with Crippen molar-refractivity contribution in [3.8, 4) is 22.9 Å². The summed E-state index contributed by atoms with van der Waals surface area (Å²) in [5.41, 5.74) is 0.832. The molecular formula is C21H28N4O4. The van der Waals surface area contributed by atoms with Gasteiger partial charge in [0.05, 0.1) is 25.9 Å². The average Bonchev–Trinajstić information content (AvgIpc) is 3.35. The quantitative estimate of drug-likeness (QED) is 0.704. The number of imidazole rings is 1. The molecule has 2 aliphatic heterocycles. The van der Waals surface area contributed by atoms with Crippen molar-refractivity contribution < 1.29 is 19.0 Å². The van der Waals surface area contributed by atoms with E-state index in [-0.39, 0.29) is 11.9 Å². The molecule has 0 N–H and O–H groups in total. The van der Waals surface area contributed by atoms with Crippen molar-refractivity contribution >= 4 is 5.91 Å². The van der Waals surface area contributed by atoms with Gasteiger partial charge in [0.1, 0.15) is 18.5 Å². The lowest BCUT2D eigenvalue weighted by atomic mass is 10.1. The van der Waals surface area contributed by atoms with Crippen molar-refractivity contribution in [2.24, 2.45) is 0 Å². The number of hydrogen-bond donors (Lipinski definition) is 0. The number of hydrogen-bond acceptors (Lipinski definition) is 6. The molecule has 1 aromatic heterocycles. The van der Waals surface area contributed by atoms with Gasteiger partial charge in [-0.05, 0) is 18.6 Å². The first kappa shape index (κ1) is 19.7. The van der Waals surface area contributed by atoms with Gasteiger partial charge in [0.2, 0.25) is 5.91 Å². The van der Waals surface area contributed by atoms with Crippen LogP contribution in [0.4, 0.5) is 0 Å². The predicted molar refractivity (Wildman–Crippen MR) is 108 cm³/mol. The fourth-order valence-corrected chi connectivity index (χ4v) is 3.94. The highest BCUT2D eigenvalue weighted by atomic mass is 16.5. The van der Waals surface area contributed by atoms with Crippen LogP contribution in [0.5, 0.6) is 11.5 Å². The summed E-state index contributed by atoms with van der Waals surface area (Å²) in [7, 11) is 3.47. The summed E-state index contributed by atoms with van der Waals surface area (Å²) in [5, 5.41) is 0. The molecule has 4 rings (SSSR count). The van der Waals surface area contributed by atoms with Crippen molar-refractivity contribution in [3.63, 3.8) is 0 Å². The molecule has 2 saturated heterocycles. The summed E-state index contributed by atoms with van der Waals surface area (Å²) in [4.78, 5) is 21.2. The Labute approximate surface area is 171 Å². The molecule has 1 amide bonds. The van der Waals surface area contributed by atoms with Crippen molar-refractivity contribution in [2.45, 2.75) is 12.5 Å². The number of nitrogens with zero attached hydrogens (tertiary/aromatic N) is 4. The molecule has 156 valence electrons. The number of rotatable bonds is 7. The van der Waals surface area contributed by atoms with Gasteiger partial charge in [-0.2, -0.15) is 0 Å². The summed E-state index contributed by atoms with van der Waals surface area (Å²) in [6.07, 6.45) is 4.38. The fourth-order valence-electron chi connectivity index (χ4n) is 3.94. The van der Waals surface area contributed by atoms with Crippen molar-refractivity contribution in [3.05, 3.63) is 30.6 Å². The highest BCUT2D eigenvalue weighted by Crippen LogP contribution is 2.39. The van der Waals surface area contributed by atoms with Crippen LogP contribution in [0.3, 0.4) is 0 Å². The Balaban J connectivity index is 1.58. The zero-order valence-electron chi connectivity index (χ0n) is 17.0. The topological polar surface area (TPSA) is 69.1 Å². The normalized spacial score (nSPS) is 20.3. The molecule has 29 heavy (non-hydrogen) atoms. The lowest BCUT2D eigenvalue weighted by Gasteiger charge is -2.26. The number of aromatic nitrogens is 2. The summed E-state index contributed by atoms with van der Waals surface area (Å²) in [6, 6.07) is 5.54. The Morgan fingerprint density at radius 2 is 2.07 bits per heavy atom. The molecule has 2 aromatic rings. The number of benzene rings is 1. The monoisotopic (exact) mass is 400 g/mol. The second kappa shape index (κ2) is 8.84. The number of morpholine rings is 1. The maximum atomic E-state index is 12.5. The molecule has 1 atom stereocenters. The minimum atomic E-state index is -0.232. The van der Waals surface area contributed by atoms with Crippen LogP contribution >= 0.6 is 0 Å². The van der Waals surface area contributed by atoms with E-state index in [9.17, 15) is 4.79 Å². The van der Waals surface area contributed by atoms with Gasteiger partial charge in [-0.1, -0.05) is 6.07 Å². The molecule has 3 heterocycles. The Hall–Kier alpha value is -2.58. The SMILES string of the molecule is COc1cccc(-c2nccn2C2CCN(C)C2=O)c1OCCN1CCOCC1. The van der Waals surface area contributed by atoms with Gasteiger partial charge < -0.3 is 23.7 Å². The minimum absolute atomic E-state index is 0.113. The maximum absolute atomic E-state index is 12.5. The van der Waals surface area contributed by atoms with E-state index in [4.69, 9.17) is 14.2 Å². The second-order valence-corrected chi connectivity index (χ2v) is 7.36. The van der Waals surface area contributed by atoms with Gasteiger partial charge in [0, 0.05) is 45.6 Å². The first-order chi connectivity index (χ1) is 14.2. The molecule has 0 bridgehead atoms. The molecule has 1 unspecified atom stereocenters. The molecule has 0 radical (unpaired) electrons. The summed E-state index contributed by atoms with van der Waals surface area (Å²) in [5.74, 6) is 2.16. The zero-order valence-corrected chi connectivity index (χ0v) is 17.0. The van der Waals surface area contributed by atoms with Crippen LogP contribution in [0.15, 0.2) is 30.6 Å². The molecule has 8 nitrogen and oxygen atoms in total. The molecule has 0 aliphatic carbocycles. The maximum Gasteiger partial charge on any atom is 0.245 e. The predicted octanol–water partition coefficient (Wildman–Crippen LogP) is 1.67. The minimum Gasteiger partial charge on any atom is -0.493 e. The third-order valence-electron chi connectivity index (χ3n) is 5.60. The number of methoxy groups -OCH3 is 1. The smallest absolute Gasteiger partial charge is 0.245 e. The van der Waals surface area contributed by atoms with E-state index in [1.54, 1.807) is 18.2 Å². The van der Waals surface area contributed by atoms with E-state index in [1.165, 1.54) is 0 Å². The number of para-hydroxylation sites is 1. The Morgan fingerprint density at radius 3 is 2.79 bits per heavy atom. The number of carbonyl (C=O) groups is 1. The van der Waals surface area contributed by atoms with Crippen LogP contribution < -0.4 is 9.47 Å². The second-order valence-electron chi connectivity index (χ2n) is 7.36. The first-order valence-corrected chi connectivity index (χ1v) is 10.1. The third-order valence-corrected chi connectivity index (χ3v) is 5.60. The molecule has 1 aromatic carbocycles. The van der Waals surface area contributed by atoms with Crippen molar-refractivity contribution in [1.29, 1.82) is 0 Å². The van der Waals surface area contributed by atoms with Crippen LogP contribution in [-0.2, 0) is 9.53 Å². The van der Waals surface area contributed by atoms with Crippen LogP contribution in [0, 0.1) is 0 Å². The molecule has 8 heteroatoms. The highest BCUT2D eigenvalue weighted by molar-refractivity contribution is 5.83. The van der Waals surface area contributed by atoms with Gasteiger partial charge in [-0.25, -0.2) is 4.98 Å². The van der Waals surface area contributed by atoms with Crippen LogP contribution in [-0.4, -0.2) is 85.4 Å². The fraction of sp³-hybridized carbons (Fsp3) is 0.524. The first-order valence-electron chi connectivity index (χ1n) is 10.1. The van der Waals surface area contributed by atoms with Gasteiger partial charge in [-0.15, -0.1) is 0 Å². The molecule has 2 fully saturated rings. The number of carbonyl (C=O) groups excluding carboxylic acids is 1. The Morgan fingerprint density at radius 1 is 1.24 bits per heavy atom. The lowest BCUT2D eigenvalue weighted by molar-refractivity contribution is -0.129. The number of likely N-dealkylation sites (N-methyl/N-ethyl adjacent to an activating group) is 1. The summed E-state index contributed by atoms with van der Waals surface area (Å²) >= 11 is 0. The Kier molecular flexibility index (Phi) is 6.01. The van der Waals surface area contributed by atoms with E-state index >= 15 is 0 Å². The standard InChI is InChI=1S/C21H28N4O4/c1-23-8-6-17(21(23)26)25-9-7-22-20(25)16-4-3-5-18(27-2)19(16)29-15-12-24-10-13-28-14-11-24/h3-5,7,9,17H,6,8,10-15H2,1-2H3. The lowest BCUT2D eigenvalue weighted by Crippen LogP contribution is -2.38. The van der Waals surface area contributed by atoms with Gasteiger partial charge in [0.25, 0.3) is 0 Å². The van der Waals surface area contributed by atoms with E-state index in [1.807, 2.05) is 36.0 Å². The average molecular weight is 400 g/mol. The number of likely N-dealkylation sites (tertiary alicyclic amines) is 1.